The van der Waals surface area contributed by atoms with E-state index in [0.717, 1.165) is 31.0 Å². The average Bonchev–Trinajstić information content (AvgIpc) is 2.79. The highest BCUT2D eigenvalue weighted by atomic mass is 15.4. The molecule has 114 valence electrons. The predicted octanol–water partition coefficient (Wildman–Crippen LogP) is 1.95. The van der Waals surface area contributed by atoms with Crippen molar-refractivity contribution in [3.63, 3.8) is 0 Å². The van der Waals surface area contributed by atoms with Crippen LogP contribution in [0, 0.1) is 13.8 Å². The zero-order valence-corrected chi connectivity index (χ0v) is 13.4. The van der Waals surface area contributed by atoms with Crippen LogP contribution in [0.2, 0.25) is 0 Å². The Morgan fingerprint density at radius 1 is 1.10 bits per heavy atom. The molecule has 2 rings (SSSR count). The molecule has 1 N–H and O–H groups in total. The lowest BCUT2D eigenvalue weighted by Crippen LogP contribution is -2.26. The summed E-state index contributed by atoms with van der Waals surface area (Å²) in [5.41, 5.74) is 1.95. The molecule has 0 atom stereocenters. The Balaban J connectivity index is 2.51. The maximum absolute atomic E-state index is 4.57. The molecule has 7 heteroatoms. The van der Waals surface area contributed by atoms with Crippen LogP contribution in [0.5, 0.6) is 0 Å². The third kappa shape index (κ3) is 3.29. The predicted molar refractivity (Wildman–Crippen MR) is 84.1 cm³/mol. The van der Waals surface area contributed by atoms with E-state index < -0.39 is 0 Å². The van der Waals surface area contributed by atoms with Crippen LogP contribution < -0.4 is 10.2 Å². The van der Waals surface area contributed by atoms with Gasteiger partial charge >= 0.3 is 0 Å². The van der Waals surface area contributed by atoms with Crippen LogP contribution in [-0.4, -0.2) is 44.4 Å². The molecule has 2 heterocycles. The minimum atomic E-state index is 0.549. The van der Waals surface area contributed by atoms with Crippen LogP contribution in [0.25, 0.3) is 5.95 Å². The molecule has 7 nitrogen and oxygen atoms in total. The topological polar surface area (TPSA) is 71.8 Å². The molecule has 0 unspecified atom stereocenters. The second-order valence-electron chi connectivity index (χ2n) is 4.80. The lowest BCUT2D eigenvalue weighted by atomic mass is 10.4. The highest BCUT2D eigenvalue weighted by Gasteiger charge is 2.14. The number of aryl methyl sites for hydroxylation is 2. The van der Waals surface area contributed by atoms with Gasteiger partial charge in [-0.2, -0.15) is 20.1 Å². The van der Waals surface area contributed by atoms with E-state index in [9.17, 15) is 0 Å². The summed E-state index contributed by atoms with van der Waals surface area (Å²) in [5, 5.41) is 7.61. The largest absolute Gasteiger partial charge is 0.354 e. The fourth-order valence-corrected chi connectivity index (χ4v) is 2.17. The van der Waals surface area contributed by atoms with Crippen molar-refractivity contribution in [3.05, 3.63) is 17.5 Å². The van der Waals surface area contributed by atoms with Gasteiger partial charge in [0.05, 0.1) is 5.69 Å². The van der Waals surface area contributed by atoms with Crippen LogP contribution in [-0.2, 0) is 0 Å². The Bertz CT molecular complexity index is 601. The van der Waals surface area contributed by atoms with Crippen LogP contribution in [0.15, 0.2) is 6.07 Å². The van der Waals surface area contributed by atoms with E-state index in [-0.39, 0.29) is 0 Å². The molecule has 0 bridgehead atoms. The van der Waals surface area contributed by atoms with Crippen molar-refractivity contribution in [2.75, 3.05) is 29.9 Å². The summed E-state index contributed by atoms with van der Waals surface area (Å²) in [6.07, 6.45) is 0. The van der Waals surface area contributed by atoms with E-state index in [1.54, 1.807) is 4.68 Å². The summed E-state index contributed by atoms with van der Waals surface area (Å²) in [6, 6.07) is 2.01. The highest BCUT2D eigenvalue weighted by molar-refractivity contribution is 5.40. The zero-order valence-electron chi connectivity index (χ0n) is 13.4. The van der Waals surface area contributed by atoms with Crippen molar-refractivity contribution in [1.82, 2.24) is 24.7 Å². The SMILES string of the molecule is CCNc1nc(N(CC)CC)nc(-n2nc(C)cc2C)n1. The molecule has 0 radical (unpaired) electrons. The van der Waals surface area contributed by atoms with E-state index in [1.807, 2.05) is 26.8 Å². The third-order valence-electron chi connectivity index (χ3n) is 3.19. The number of rotatable bonds is 6. The second-order valence-corrected chi connectivity index (χ2v) is 4.80. The molecular weight excluding hydrogens is 266 g/mol. The van der Waals surface area contributed by atoms with Crippen molar-refractivity contribution < 1.29 is 0 Å². The normalized spacial score (nSPS) is 10.7. The fourth-order valence-electron chi connectivity index (χ4n) is 2.17. The quantitative estimate of drug-likeness (QED) is 0.876. The Morgan fingerprint density at radius 2 is 1.81 bits per heavy atom. The summed E-state index contributed by atoms with van der Waals surface area (Å²) in [4.78, 5) is 15.6. The Morgan fingerprint density at radius 3 is 2.33 bits per heavy atom. The highest BCUT2D eigenvalue weighted by Crippen LogP contribution is 2.15. The molecule has 2 aromatic heterocycles. The van der Waals surface area contributed by atoms with E-state index in [1.165, 1.54) is 0 Å². The summed E-state index contributed by atoms with van der Waals surface area (Å²) in [5.74, 6) is 1.80. The number of aromatic nitrogens is 5. The molecular formula is C14H23N7. The van der Waals surface area contributed by atoms with Crippen LogP contribution >= 0.6 is 0 Å². The Labute approximate surface area is 125 Å². The van der Waals surface area contributed by atoms with Gasteiger partial charge in [-0.1, -0.05) is 0 Å². The summed E-state index contributed by atoms with van der Waals surface area (Å²) in [7, 11) is 0. The lowest BCUT2D eigenvalue weighted by molar-refractivity contribution is 0.743. The van der Waals surface area contributed by atoms with Crippen LogP contribution in [0.1, 0.15) is 32.2 Å². The number of hydrogen-bond acceptors (Lipinski definition) is 6. The van der Waals surface area contributed by atoms with Gasteiger partial charge in [0, 0.05) is 25.3 Å². The first-order valence-electron chi connectivity index (χ1n) is 7.37. The van der Waals surface area contributed by atoms with Gasteiger partial charge in [0.1, 0.15) is 0 Å². The fraction of sp³-hybridized carbons (Fsp3) is 0.571. The van der Waals surface area contributed by atoms with Crippen LogP contribution in [0.4, 0.5) is 11.9 Å². The summed E-state index contributed by atoms with van der Waals surface area (Å²) in [6.45, 7) is 12.6. The van der Waals surface area contributed by atoms with Crippen molar-refractivity contribution in [2.45, 2.75) is 34.6 Å². The van der Waals surface area contributed by atoms with Gasteiger partial charge in [-0.3, -0.25) is 0 Å². The minimum Gasteiger partial charge on any atom is -0.354 e. The molecule has 0 aliphatic heterocycles. The van der Waals surface area contributed by atoms with E-state index in [2.05, 4.69) is 44.1 Å². The molecule has 0 fully saturated rings. The van der Waals surface area contributed by atoms with Gasteiger partial charge in [0.2, 0.25) is 11.9 Å². The van der Waals surface area contributed by atoms with E-state index in [4.69, 9.17) is 0 Å². The smallest absolute Gasteiger partial charge is 0.257 e. The maximum atomic E-state index is 4.57. The minimum absolute atomic E-state index is 0.549. The Kier molecular flexibility index (Phi) is 4.72. The zero-order chi connectivity index (χ0) is 15.4. The van der Waals surface area contributed by atoms with Gasteiger partial charge in [-0.05, 0) is 40.7 Å². The molecule has 21 heavy (non-hydrogen) atoms. The third-order valence-corrected chi connectivity index (χ3v) is 3.19. The van der Waals surface area contributed by atoms with Crippen molar-refractivity contribution in [3.8, 4) is 5.95 Å². The second kappa shape index (κ2) is 6.51. The first kappa shape index (κ1) is 15.2. The van der Waals surface area contributed by atoms with Crippen molar-refractivity contribution >= 4 is 11.9 Å². The standard InChI is InChI=1S/C14H23N7/c1-6-15-12-16-13(20(7-2)8-3)18-14(17-12)21-11(5)9-10(4)19-21/h9H,6-8H2,1-5H3,(H,15,16,17,18). The number of nitrogens with zero attached hydrogens (tertiary/aromatic N) is 6. The molecule has 0 saturated heterocycles. The molecule has 0 amide bonds. The molecule has 2 aromatic rings. The Hall–Kier alpha value is -2.18. The van der Waals surface area contributed by atoms with Crippen molar-refractivity contribution in [1.29, 1.82) is 0 Å². The first-order chi connectivity index (χ1) is 10.1. The number of hydrogen-bond donors (Lipinski definition) is 1. The van der Waals surface area contributed by atoms with Crippen molar-refractivity contribution in [2.24, 2.45) is 0 Å². The van der Waals surface area contributed by atoms with Gasteiger partial charge < -0.3 is 10.2 Å². The monoisotopic (exact) mass is 289 g/mol. The lowest BCUT2D eigenvalue weighted by Gasteiger charge is -2.19. The average molecular weight is 289 g/mol. The maximum Gasteiger partial charge on any atom is 0.257 e. The van der Waals surface area contributed by atoms with E-state index in [0.29, 0.717) is 17.8 Å². The van der Waals surface area contributed by atoms with Gasteiger partial charge in [0.25, 0.3) is 5.95 Å². The molecule has 0 aromatic carbocycles. The summed E-state index contributed by atoms with van der Waals surface area (Å²) >= 11 is 0. The molecule has 0 aliphatic rings. The van der Waals surface area contributed by atoms with Crippen LogP contribution in [0.3, 0.4) is 0 Å². The molecule has 0 aliphatic carbocycles. The number of anilines is 2. The first-order valence-corrected chi connectivity index (χ1v) is 7.37. The van der Waals surface area contributed by atoms with Gasteiger partial charge in [-0.25, -0.2) is 4.68 Å². The molecule has 0 spiro atoms. The molecule has 0 saturated carbocycles. The van der Waals surface area contributed by atoms with Gasteiger partial charge in [0.15, 0.2) is 0 Å². The number of nitrogens with one attached hydrogen (secondary N) is 1. The van der Waals surface area contributed by atoms with Gasteiger partial charge in [-0.15, -0.1) is 0 Å². The van der Waals surface area contributed by atoms with E-state index >= 15 is 0 Å². The summed E-state index contributed by atoms with van der Waals surface area (Å²) < 4.78 is 1.75.